The molecule has 0 spiro atoms. The van der Waals surface area contributed by atoms with Crippen molar-refractivity contribution in [2.75, 3.05) is 6.61 Å². The van der Waals surface area contributed by atoms with Crippen molar-refractivity contribution < 1.29 is 23.4 Å². The second-order valence-corrected chi connectivity index (χ2v) is 13.0. The highest BCUT2D eigenvalue weighted by Gasteiger charge is 2.65. The van der Waals surface area contributed by atoms with Crippen LogP contribution in [0.3, 0.4) is 0 Å². The Labute approximate surface area is 180 Å². The predicted octanol–water partition coefficient (Wildman–Crippen LogP) is 2.36. The number of rotatable bonds is 5. The summed E-state index contributed by atoms with van der Waals surface area (Å²) in [5.41, 5.74) is -2.48. The SMILES string of the molecule is Cc1cn([C@@H]2O[C@@]3(CC(C)(C)C)COC2[C@H]3OP(O)(=S)OC(C)(C)C)c(=O)[nH]c1=O. The molecular formula is C19H31N2O7PS. The number of hydrogen-bond donors (Lipinski definition) is 2. The molecule has 0 saturated carbocycles. The summed E-state index contributed by atoms with van der Waals surface area (Å²) in [6.07, 6.45) is -0.288. The highest BCUT2D eigenvalue weighted by molar-refractivity contribution is 8.07. The van der Waals surface area contributed by atoms with Crippen LogP contribution in [0.2, 0.25) is 0 Å². The topological polar surface area (TPSA) is 112 Å². The Morgan fingerprint density at radius 1 is 1.33 bits per heavy atom. The molecule has 1 aromatic rings. The maximum Gasteiger partial charge on any atom is 0.330 e. The molecule has 2 bridgehead atoms. The van der Waals surface area contributed by atoms with Crippen molar-refractivity contribution in [2.45, 2.75) is 84.5 Å². The average Bonchev–Trinajstić information content (AvgIpc) is 2.96. The van der Waals surface area contributed by atoms with Gasteiger partial charge in [-0.2, -0.15) is 0 Å². The van der Waals surface area contributed by atoms with Gasteiger partial charge < -0.3 is 18.9 Å². The average molecular weight is 463 g/mol. The molecular weight excluding hydrogens is 431 g/mol. The molecule has 2 fully saturated rings. The Balaban J connectivity index is 2.01. The maximum absolute atomic E-state index is 12.5. The quantitative estimate of drug-likeness (QED) is 0.642. The fraction of sp³-hybridized carbons (Fsp3) is 0.789. The molecule has 30 heavy (non-hydrogen) atoms. The zero-order valence-electron chi connectivity index (χ0n) is 18.4. The third-order valence-corrected chi connectivity index (χ3v) is 6.61. The number of aromatic amines is 1. The van der Waals surface area contributed by atoms with Crippen LogP contribution in [0.4, 0.5) is 0 Å². The van der Waals surface area contributed by atoms with Crippen LogP contribution in [-0.2, 0) is 30.3 Å². The molecule has 0 radical (unpaired) electrons. The molecule has 2 aliphatic heterocycles. The van der Waals surface area contributed by atoms with Crippen LogP contribution in [0.1, 0.15) is 59.8 Å². The van der Waals surface area contributed by atoms with E-state index in [2.05, 4.69) is 25.8 Å². The second-order valence-electron chi connectivity index (χ2n) is 10.3. The van der Waals surface area contributed by atoms with Crippen LogP contribution in [0.25, 0.3) is 0 Å². The van der Waals surface area contributed by atoms with Crippen molar-refractivity contribution in [3.63, 3.8) is 0 Å². The zero-order valence-corrected chi connectivity index (χ0v) is 20.1. The van der Waals surface area contributed by atoms with Gasteiger partial charge in [-0.1, -0.05) is 20.8 Å². The van der Waals surface area contributed by atoms with Crippen LogP contribution in [-0.4, -0.2) is 44.5 Å². The van der Waals surface area contributed by atoms with Crippen molar-refractivity contribution in [1.82, 2.24) is 9.55 Å². The number of aromatic nitrogens is 2. The van der Waals surface area contributed by atoms with E-state index in [4.69, 9.17) is 30.3 Å². The second kappa shape index (κ2) is 7.62. The zero-order chi connectivity index (χ0) is 22.7. The molecule has 0 amide bonds. The van der Waals surface area contributed by atoms with E-state index in [1.165, 1.54) is 10.8 Å². The van der Waals surface area contributed by atoms with Crippen molar-refractivity contribution in [3.8, 4) is 0 Å². The van der Waals surface area contributed by atoms with Gasteiger partial charge in [-0.15, -0.1) is 0 Å². The number of nitrogens with one attached hydrogen (secondary N) is 1. The summed E-state index contributed by atoms with van der Waals surface area (Å²) in [4.78, 5) is 37.3. The molecule has 9 nitrogen and oxygen atoms in total. The van der Waals surface area contributed by atoms with E-state index >= 15 is 0 Å². The fourth-order valence-electron chi connectivity index (χ4n) is 4.10. The lowest BCUT2D eigenvalue weighted by Crippen LogP contribution is -2.45. The molecule has 2 saturated heterocycles. The molecule has 0 aliphatic carbocycles. The Kier molecular flexibility index (Phi) is 6.04. The van der Waals surface area contributed by atoms with Crippen LogP contribution < -0.4 is 11.2 Å². The standard InChI is InChI=1S/C19H31N2O7PS/c1-11-8-21(16(23)20-14(11)22)15-12-13(27-29(24,30)28-18(5,6)7)19(26-15,10-25-12)9-17(2,3)4/h8,12-13,15H,9-10H2,1-7H3,(H,24,30)(H,20,22,23)/t12?,13-,15-,19+,29?/m1/s1. The van der Waals surface area contributed by atoms with E-state index in [0.29, 0.717) is 12.0 Å². The lowest BCUT2D eigenvalue weighted by atomic mass is 9.80. The summed E-state index contributed by atoms with van der Waals surface area (Å²) in [7, 11) is 0. The smallest absolute Gasteiger partial charge is 0.330 e. The monoisotopic (exact) mass is 462 g/mol. The maximum atomic E-state index is 12.5. The first kappa shape index (κ1) is 23.8. The number of ether oxygens (including phenoxy) is 2. The summed E-state index contributed by atoms with van der Waals surface area (Å²) in [5.74, 6) is 0. The minimum Gasteiger partial charge on any atom is -0.368 e. The first-order chi connectivity index (χ1) is 13.5. The molecule has 3 rings (SSSR count). The van der Waals surface area contributed by atoms with Crippen molar-refractivity contribution >= 4 is 18.5 Å². The normalized spacial score (nSPS) is 31.1. The lowest BCUT2D eigenvalue weighted by Gasteiger charge is -2.37. The fourth-order valence-corrected chi connectivity index (χ4v) is 6.38. The summed E-state index contributed by atoms with van der Waals surface area (Å²) in [6, 6.07) is 0. The van der Waals surface area contributed by atoms with Crippen molar-refractivity contribution in [1.29, 1.82) is 0 Å². The molecule has 3 heterocycles. The van der Waals surface area contributed by atoms with E-state index in [1.807, 2.05) is 0 Å². The molecule has 1 aromatic heterocycles. The molecule has 170 valence electrons. The van der Waals surface area contributed by atoms with Gasteiger partial charge in [0.25, 0.3) is 5.56 Å². The first-order valence-electron chi connectivity index (χ1n) is 9.85. The van der Waals surface area contributed by atoms with Crippen LogP contribution in [0.5, 0.6) is 0 Å². The molecule has 2 N–H and O–H groups in total. The van der Waals surface area contributed by atoms with Gasteiger partial charge in [0.15, 0.2) is 6.23 Å². The number of aryl methyl sites for hydroxylation is 1. The highest BCUT2D eigenvalue weighted by atomic mass is 32.5. The van der Waals surface area contributed by atoms with Crippen LogP contribution in [0.15, 0.2) is 15.8 Å². The summed E-state index contributed by atoms with van der Waals surface area (Å²) in [6.45, 7) is 9.71. The number of hydrogen-bond acceptors (Lipinski definition) is 7. The summed E-state index contributed by atoms with van der Waals surface area (Å²) in [5, 5.41) is 0. The molecule has 11 heteroatoms. The van der Waals surface area contributed by atoms with Gasteiger partial charge in [0.2, 0.25) is 0 Å². The van der Waals surface area contributed by atoms with Gasteiger partial charge in [0.1, 0.15) is 17.8 Å². The number of nitrogens with zero attached hydrogens (tertiary/aromatic N) is 1. The Morgan fingerprint density at radius 3 is 2.53 bits per heavy atom. The number of fused-ring (bicyclic) bond motifs is 2. The van der Waals surface area contributed by atoms with Crippen molar-refractivity contribution in [3.05, 3.63) is 32.6 Å². The Hall–Kier alpha value is -0.870. The summed E-state index contributed by atoms with van der Waals surface area (Å²) < 4.78 is 25.3. The third kappa shape index (κ3) is 4.96. The van der Waals surface area contributed by atoms with E-state index in [1.54, 1.807) is 27.7 Å². The predicted molar refractivity (Wildman–Crippen MR) is 115 cm³/mol. The molecule has 0 aromatic carbocycles. The largest absolute Gasteiger partial charge is 0.368 e. The van der Waals surface area contributed by atoms with E-state index in [-0.39, 0.29) is 12.0 Å². The number of H-pyrrole nitrogens is 1. The highest BCUT2D eigenvalue weighted by Crippen LogP contribution is 2.58. The first-order valence-corrected chi connectivity index (χ1v) is 12.4. The Morgan fingerprint density at radius 2 is 1.97 bits per heavy atom. The minimum atomic E-state index is -3.63. The minimum absolute atomic E-state index is 0.163. The molecule has 2 unspecified atom stereocenters. The van der Waals surface area contributed by atoms with Crippen molar-refractivity contribution in [2.24, 2.45) is 5.41 Å². The van der Waals surface area contributed by atoms with Gasteiger partial charge in [0.05, 0.1) is 12.2 Å². The van der Waals surface area contributed by atoms with Gasteiger partial charge in [-0.3, -0.25) is 18.9 Å². The lowest BCUT2D eigenvalue weighted by molar-refractivity contribution is -0.184. The third-order valence-electron chi connectivity index (χ3n) is 4.86. The van der Waals surface area contributed by atoms with Crippen LogP contribution in [0, 0.1) is 12.3 Å². The van der Waals surface area contributed by atoms with Gasteiger partial charge in [-0.25, -0.2) is 4.79 Å². The van der Waals surface area contributed by atoms with E-state index < -0.39 is 47.6 Å². The van der Waals surface area contributed by atoms with Gasteiger partial charge in [-0.05, 0) is 51.3 Å². The molecule has 2 aliphatic rings. The Bertz CT molecular complexity index is 977. The van der Waals surface area contributed by atoms with E-state index in [0.717, 1.165) is 0 Å². The van der Waals surface area contributed by atoms with Crippen LogP contribution >= 0.6 is 6.72 Å². The van der Waals surface area contributed by atoms with Gasteiger partial charge >= 0.3 is 12.4 Å². The van der Waals surface area contributed by atoms with E-state index in [9.17, 15) is 14.5 Å². The molecule has 5 atom stereocenters. The van der Waals surface area contributed by atoms with Gasteiger partial charge in [0, 0.05) is 11.8 Å². The summed E-state index contributed by atoms with van der Waals surface area (Å²) >= 11 is 5.27.